The van der Waals surface area contributed by atoms with Gasteiger partial charge in [0.05, 0.1) is 12.1 Å². The molecule has 4 rings (SSSR count). The summed E-state index contributed by atoms with van der Waals surface area (Å²) >= 11 is 0. The molecule has 7 nitrogen and oxygen atoms in total. The normalized spacial score (nSPS) is 13.1. The molecule has 0 saturated carbocycles. The number of rotatable bonds is 3. The van der Waals surface area contributed by atoms with Crippen molar-refractivity contribution in [2.75, 3.05) is 11.9 Å². The number of aromatic amines is 1. The minimum Gasteiger partial charge on any atom is -0.323 e. The highest BCUT2D eigenvalue weighted by Crippen LogP contribution is 2.24. The Morgan fingerprint density at radius 1 is 1.37 bits per heavy atom. The van der Waals surface area contributed by atoms with Crippen LogP contribution in [-0.4, -0.2) is 27.0 Å². The highest BCUT2D eigenvalue weighted by molar-refractivity contribution is 5.92. The molecular weight excluding hydrogens is 373 g/mol. The molecular formula is C18H19ClFN5O2. The number of nitrogens with one attached hydrogen (secondary N) is 3. The van der Waals surface area contributed by atoms with Gasteiger partial charge in [0.25, 0.3) is 5.56 Å². The number of halogens is 2. The van der Waals surface area contributed by atoms with Crippen molar-refractivity contribution in [3.8, 4) is 0 Å². The molecule has 9 heteroatoms. The molecule has 3 N–H and O–H groups in total. The van der Waals surface area contributed by atoms with Crippen LogP contribution in [0, 0.1) is 12.7 Å². The van der Waals surface area contributed by atoms with Crippen LogP contribution in [0.1, 0.15) is 22.4 Å². The molecule has 1 amide bonds. The zero-order chi connectivity index (χ0) is 18.3. The van der Waals surface area contributed by atoms with Gasteiger partial charge in [0, 0.05) is 30.1 Å². The van der Waals surface area contributed by atoms with Crippen LogP contribution in [0.2, 0.25) is 0 Å². The van der Waals surface area contributed by atoms with E-state index in [1.54, 1.807) is 25.3 Å². The highest BCUT2D eigenvalue weighted by atomic mass is 35.5. The second-order valence-electron chi connectivity index (χ2n) is 6.35. The Hall–Kier alpha value is -2.71. The van der Waals surface area contributed by atoms with E-state index in [0.717, 1.165) is 5.56 Å². The summed E-state index contributed by atoms with van der Waals surface area (Å²) in [7, 11) is 0. The summed E-state index contributed by atoms with van der Waals surface area (Å²) in [5.74, 6) is -0.852. The maximum atomic E-state index is 14.7. The van der Waals surface area contributed by atoms with E-state index in [2.05, 4.69) is 20.7 Å². The largest absolute Gasteiger partial charge is 0.323 e. The zero-order valence-electron chi connectivity index (χ0n) is 14.6. The minimum absolute atomic E-state index is 0. The number of H-pyrrole nitrogens is 1. The molecule has 142 valence electrons. The van der Waals surface area contributed by atoms with Gasteiger partial charge in [0.1, 0.15) is 5.82 Å². The summed E-state index contributed by atoms with van der Waals surface area (Å²) in [5.41, 5.74) is 2.61. The fraction of sp³-hybridized carbons (Fsp3) is 0.278. The average molecular weight is 392 g/mol. The molecule has 0 fully saturated rings. The Morgan fingerprint density at radius 2 is 2.19 bits per heavy atom. The lowest BCUT2D eigenvalue weighted by Crippen LogP contribution is -2.27. The number of carbonyl (C=O) groups is 1. The van der Waals surface area contributed by atoms with E-state index in [1.165, 1.54) is 4.52 Å². The molecule has 27 heavy (non-hydrogen) atoms. The van der Waals surface area contributed by atoms with Crippen LogP contribution in [-0.2, 0) is 24.2 Å². The summed E-state index contributed by atoms with van der Waals surface area (Å²) in [5, 5.41) is 8.54. The van der Waals surface area contributed by atoms with E-state index in [-0.39, 0.29) is 35.6 Å². The highest BCUT2D eigenvalue weighted by Gasteiger charge is 2.19. The van der Waals surface area contributed by atoms with E-state index in [0.29, 0.717) is 36.4 Å². The van der Waals surface area contributed by atoms with Crippen LogP contribution in [0.25, 0.3) is 5.65 Å². The second-order valence-corrected chi connectivity index (χ2v) is 6.35. The molecule has 1 aliphatic heterocycles. The Morgan fingerprint density at radius 3 is 3.00 bits per heavy atom. The van der Waals surface area contributed by atoms with E-state index in [9.17, 15) is 14.0 Å². The molecule has 0 spiro atoms. The predicted octanol–water partition coefficient (Wildman–Crippen LogP) is 1.72. The van der Waals surface area contributed by atoms with Crippen molar-refractivity contribution in [1.29, 1.82) is 0 Å². The van der Waals surface area contributed by atoms with Crippen molar-refractivity contribution < 1.29 is 9.18 Å². The van der Waals surface area contributed by atoms with Gasteiger partial charge in [-0.05, 0) is 37.1 Å². The van der Waals surface area contributed by atoms with E-state index >= 15 is 0 Å². The lowest BCUT2D eigenvalue weighted by Gasteiger charge is -2.19. The minimum atomic E-state index is -0.453. The average Bonchev–Trinajstić information content (AvgIpc) is 3.10. The van der Waals surface area contributed by atoms with Gasteiger partial charge in [-0.3, -0.25) is 14.7 Å². The van der Waals surface area contributed by atoms with E-state index in [4.69, 9.17) is 0 Å². The third-order valence-electron chi connectivity index (χ3n) is 4.66. The van der Waals surface area contributed by atoms with Crippen molar-refractivity contribution in [3.05, 3.63) is 63.0 Å². The standard InChI is InChI=1S/C18H18FN5O2.ClH/c1-10-13(18(26)24-15(22-10)5-7-21-24)8-16(25)23-14-3-2-11-9-20-6-4-12(11)17(14)19;/h2-3,5,7,20-21H,4,6,8-9H2,1H3,(H,23,25);1H. The van der Waals surface area contributed by atoms with Gasteiger partial charge in [-0.1, -0.05) is 6.07 Å². The predicted molar refractivity (Wildman–Crippen MR) is 102 cm³/mol. The molecule has 0 saturated heterocycles. The van der Waals surface area contributed by atoms with Crippen LogP contribution < -0.4 is 16.2 Å². The second kappa shape index (κ2) is 7.50. The van der Waals surface area contributed by atoms with Crippen LogP contribution in [0.15, 0.2) is 29.2 Å². The molecule has 0 atom stereocenters. The molecule has 3 aromatic rings. The molecule has 0 bridgehead atoms. The van der Waals surface area contributed by atoms with Crippen molar-refractivity contribution in [2.24, 2.45) is 0 Å². The molecule has 2 aromatic heterocycles. The van der Waals surface area contributed by atoms with Gasteiger partial charge < -0.3 is 10.6 Å². The Labute approximate surface area is 160 Å². The number of carbonyl (C=O) groups excluding carboxylic acids is 1. The molecule has 0 aliphatic carbocycles. The molecule has 1 aliphatic rings. The van der Waals surface area contributed by atoms with Gasteiger partial charge in [0.15, 0.2) is 5.65 Å². The van der Waals surface area contributed by atoms with E-state index in [1.807, 2.05) is 6.07 Å². The summed E-state index contributed by atoms with van der Waals surface area (Å²) in [6, 6.07) is 5.05. The van der Waals surface area contributed by atoms with Crippen molar-refractivity contribution in [2.45, 2.75) is 26.3 Å². The van der Waals surface area contributed by atoms with Crippen LogP contribution in [0.4, 0.5) is 10.1 Å². The number of hydrogen-bond donors (Lipinski definition) is 3. The fourth-order valence-corrected chi connectivity index (χ4v) is 3.29. The Bertz CT molecular complexity index is 1080. The summed E-state index contributed by atoms with van der Waals surface area (Å²) in [4.78, 5) is 29.2. The topological polar surface area (TPSA) is 91.3 Å². The SMILES string of the molecule is Cc1nc2cc[nH]n2c(=O)c1CC(=O)Nc1ccc2c(c1F)CCNC2.Cl. The summed E-state index contributed by atoms with van der Waals surface area (Å²) < 4.78 is 15.9. The van der Waals surface area contributed by atoms with Gasteiger partial charge >= 0.3 is 0 Å². The molecule has 0 unspecified atom stereocenters. The van der Waals surface area contributed by atoms with Crippen molar-refractivity contribution in [1.82, 2.24) is 19.9 Å². The number of nitrogens with zero attached hydrogens (tertiary/aromatic N) is 2. The molecule has 3 heterocycles. The van der Waals surface area contributed by atoms with Crippen LogP contribution in [0.3, 0.4) is 0 Å². The number of amides is 1. The monoisotopic (exact) mass is 391 g/mol. The number of benzene rings is 1. The number of hydrogen-bond acceptors (Lipinski definition) is 4. The number of aryl methyl sites for hydroxylation is 1. The first-order valence-electron chi connectivity index (χ1n) is 8.41. The number of aromatic nitrogens is 3. The molecule has 0 radical (unpaired) electrons. The van der Waals surface area contributed by atoms with Gasteiger partial charge in [0.2, 0.25) is 5.91 Å². The quantitative estimate of drug-likeness (QED) is 0.634. The lowest BCUT2D eigenvalue weighted by molar-refractivity contribution is -0.115. The lowest BCUT2D eigenvalue weighted by atomic mass is 9.99. The smallest absolute Gasteiger partial charge is 0.276 e. The van der Waals surface area contributed by atoms with Gasteiger partial charge in [-0.25, -0.2) is 13.9 Å². The zero-order valence-corrected chi connectivity index (χ0v) is 15.5. The van der Waals surface area contributed by atoms with Crippen LogP contribution in [0.5, 0.6) is 0 Å². The fourth-order valence-electron chi connectivity index (χ4n) is 3.29. The Kier molecular flexibility index (Phi) is 5.29. The van der Waals surface area contributed by atoms with Crippen LogP contribution >= 0.6 is 12.4 Å². The molecule has 1 aromatic carbocycles. The van der Waals surface area contributed by atoms with Crippen molar-refractivity contribution in [3.63, 3.8) is 0 Å². The summed E-state index contributed by atoms with van der Waals surface area (Å²) in [6.45, 7) is 3.01. The summed E-state index contributed by atoms with van der Waals surface area (Å²) in [6.07, 6.45) is 2.01. The van der Waals surface area contributed by atoms with Gasteiger partial charge in [-0.15, -0.1) is 12.4 Å². The third-order valence-corrected chi connectivity index (χ3v) is 4.66. The number of anilines is 1. The first-order valence-corrected chi connectivity index (χ1v) is 8.41. The number of fused-ring (bicyclic) bond motifs is 2. The first kappa shape index (κ1) is 19.1. The maximum absolute atomic E-state index is 14.7. The van der Waals surface area contributed by atoms with E-state index < -0.39 is 11.7 Å². The van der Waals surface area contributed by atoms with Crippen molar-refractivity contribution >= 4 is 29.6 Å². The third kappa shape index (κ3) is 3.45. The van der Waals surface area contributed by atoms with Gasteiger partial charge in [-0.2, -0.15) is 0 Å². The Balaban J connectivity index is 0.00000210. The maximum Gasteiger partial charge on any atom is 0.276 e. The first-order chi connectivity index (χ1) is 12.5.